The average Bonchev–Trinajstić information content (AvgIpc) is 2.43. The molecule has 0 bridgehead atoms. The molecule has 1 aliphatic heterocycles. The Morgan fingerprint density at radius 2 is 2.27 bits per heavy atom. The van der Waals surface area contributed by atoms with E-state index in [1.807, 2.05) is 6.92 Å². The zero-order valence-corrected chi connectivity index (χ0v) is 8.56. The van der Waals surface area contributed by atoms with Crippen LogP contribution in [0.2, 0.25) is 0 Å². The molecule has 1 unspecified atom stereocenters. The molecule has 4 heteroatoms. The Balaban J connectivity index is 2.35. The number of carbonyl (C=O) groups is 1. The molecule has 0 fully saturated rings. The quantitative estimate of drug-likeness (QED) is 0.715. The molecule has 0 aromatic heterocycles. The van der Waals surface area contributed by atoms with E-state index in [9.17, 15) is 9.90 Å². The van der Waals surface area contributed by atoms with Gasteiger partial charge in [0.15, 0.2) is 6.10 Å². The largest absolute Gasteiger partial charge is 0.508 e. The van der Waals surface area contributed by atoms with Crippen LogP contribution >= 0.6 is 0 Å². The van der Waals surface area contributed by atoms with Crippen LogP contribution in [-0.4, -0.2) is 17.2 Å². The summed E-state index contributed by atoms with van der Waals surface area (Å²) in [7, 11) is 0. The average molecular weight is 208 g/mol. The number of phenols is 1. The molecule has 0 saturated carbocycles. The predicted octanol–water partition coefficient (Wildman–Crippen LogP) is 1.78. The zero-order valence-electron chi connectivity index (χ0n) is 8.56. The normalized spacial score (nSPS) is 23.1. The highest BCUT2D eigenvalue weighted by Crippen LogP contribution is 2.40. The Kier molecular flexibility index (Phi) is 2.26. The maximum absolute atomic E-state index is 10.9. The molecule has 0 spiro atoms. The molecule has 1 aromatic rings. The van der Waals surface area contributed by atoms with Crippen molar-refractivity contribution < 1.29 is 19.4 Å². The summed E-state index contributed by atoms with van der Waals surface area (Å²) in [5, 5.41) is 9.34. The van der Waals surface area contributed by atoms with Gasteiger partial charge in [0.2, 0.25) is 0 Å². The van der Waals surface area contributed by atoms with E-state index in [0.717, 1.165) is 5.56 Å². The molecule has 1 aliphatic rings. The van der Waals surface area contributed by atoms with Gasteiger partial charge in [0.05, 0.1) is 0 Å². The third-order valence-electron chi connectivity index (χ3n) is 2.33. The summed E-state index contributed by atoms with van der Waals surface area (Å²) in [6.45, 7) is 3.18. The lowest BCUT2D eigenvalue weighted by atomic mass is 10.1. The summed E-state index contributed by atoms with van der Waals surface area (Å²) in [5.74, 6) is 0.446. The molecule has 0 saturated heterocycles. The second-order valence-corrected chi connectivity index (χ2v) is 3.58. The first kappa shape index (κ1) is 9.83. The monoisotopic (exact) mass is 208 g/mol. The molecule has 1 N–H and O–H groups in total. The Labute approximate surface area is 87.4 Å². The second-order valence-electron chi connectivity index (χ2n) is 3.58. The molecule has 2 atom stereocenters. The van der Waals surface area contributed by atoms with Crippen molar-refractivity contribution in [3.63, 3.8) is 0 Å². The van der Waals surface area contributed by atoms with E-state index in [4.69, 9.17) is 9.47 Å². The van der Waals surface area contributed by atoms with Crippen molar-refractivity contribution in [3.8, 4) is 11.5 Å². The molecular formula is C11H12O4. The van der Waals surface area contributed by atoms with Gasteiger partial charge in [-0.1, -0.05) is 0 Å². The maximum Gasteiger partial charge on any atom is 0.303 e. The van der Waals surface area contributed by atoms with E-state index in [1.54, 1.807) is 18.2 Å². The van der Waals surface area contributed by atoms with E-state index >= 15 is 0 Å². The summed E-state index contributed by atoms with van der Waals surface area (Å²) in [6.07, 6.45) is -0.643. The fraction of sp³-hybridized carbons (Fsp3) is 0.364. The number of rotatable bonds is 1. The van der Waals surface area contributed by atoms with Gasteiger partial charge in [-0.15, -0.1) is 0 Å². The molecule has 2 rings (SSSR count). The first-order chi connectivity index (χ1) is 7.08. The Morgan fingerprint density at radius 1 is 1.53 bits per heavy atom. The van der Waals surface area contributed by atoms with Crippen LogP contribution in [0.4, 0.5) is 0 Å². The fourth-order valence-corrected chi connectivity index (χ4v) is 1.72. The lowest BCUT2D eigenvalue weighted by Crippen LogP contribution is -2.18. The van der Waals surface area contributed by atoms with Crippen molar-refractivity contribution in [2.45, 2.75) is 26.1 Å². The standard InChI is InChI=1S/C11H12O4/c1-6-11(15-7(2)12)9-5-8(13)3-4-10(9)14-6/h3-6,11,13H,1-2H3/t6?,11-/m1/s1. The minimum absolute atomic E-state index is 0.142. The van der Waals surface area contributed by atoms with Crippen molar-refractivity contribution >= 4 is 5.97 Å². The summed E-state index contributed by atoms with van der Waals surface area (Å²) >= 11 is 0. The van der Waals surface area contributed by atoms with Crippen LogP contribution in [0.25, 0.3) is 0 Å². The number of hydrogen-bond donors (Lipinski definition) is 1. The summed E-state index contributed by atoms with van der Waals surface area (Å²) < 4.78 is 10.6. The summed E-state index contributed by atoms with van der Waals surface area (Å²) in [6, 6.07) is 4.78. The second kappa shape index (κ2) is 3.46. The van der Waals surface area contributed by atoms with E-state index in [1.165, 1.54) is 6.92 Å². The topological polar surface area (TPSA) is 55.8 Å². The number of esters is 1. The van der Waals surface area contributed by atoms with Gasteiger partial charge in [-0.25, -0.2) is 0 Å². The third kappa shape index (κ3) is 1.75. The van der Waals surface area contributed by atoms with E-state index in [2.05, 4.69) is 0 Å². The number of phenolic OH excluding ortho intramolecular Hbond substituents is 1. The van der Waals surface area contributed by atoms with Crippen molar-refractivity contribution in [2.24, 2.45) is 0 Å². The highest BCUT2D eigenvalue weighted by atomic mass is 16.6. The van der Waals surface area contributed by atoms with Crippen LogP contribution in [0.5, 0.6) is 11.5 Å². The number of fused-ring (bicyclic) bond motifs is 1. The first-order valence-electron chi connectivity index (χ1n) is 4.74. The van der Waals surface area contributed by atoms with Gasteiger partial charge in [0, 0.05) is 12.5 Å². The smallest absolute Gasteiger partial charge is 0.303 e. The van der Waals surface area contributed by atoms with Crippen molar-refractivity contribution in [3.05, 3.63) is 23.8 Å². The van der Waals surface area contributed by atoms with E-state index in [0.29, 0.717) is 5.75 Å². The van der Waals surface area contributed by atoms with Gasteiger partial charge in [0.25, 0.3) is 0 Å². The van der Waals surface area contributed by atoms with Crippen molar-refractivity contribution in [1.29, 1.82) is 0 Å². The fourth-order valence-electron chi connectivity index (χ4n) is 1.72. The van der Waals surface area contributed by atoms with Crippen LogP contribution < -0.4 is 4.74 Å². The molecule has 0 radical (unpaired) electrons. The highest BCUT2D eigenvalue weighted by molar-refractivity contribution is 5.66. The van der Waals surface area contributed by atoms with Gasteiger partial charge in [-0.3, -0.25) is 4.79 Å². The number of aromatic hydroxyl groups is 1. The zero-order chi connectivity index (χ0) is 11.0. The van der Waals surface area contributed by atoms with Crippen LogP contribution in [-0.2, 0) is 9.53 Å². The lowest BCUT2D eigenvalue weighted by molar-refractivity contribution is -0.149. The van der Waals surface area contributed by atoms with Gasteiger partial charge in [-0.05, 0) is 25.1 Å². The van der Waals surface area contributed by atoms with Crippen LogP contribution in [0, 0.1) is 0 Å². The van der Waals surface area contributed by atoms with Gasteiger partial charge in [-0.2, -0.15) is 0 Å². The highest BCUT2D eigenvalue weighted by Gasteiger charge is 2.33. The molecule has 1 aromatic carbocycles. The van der Waals surface area contributed by atoms with Crippen molar-refractivity contribution in [1.82, 2.24) is 0 Å². The molecule has 80 valence electrons. The first-order valence-corrected chi connectivity index (χ1v) is 4.74. The Hall–Kier alpha value is -1.71. The van der Waals surface area contributed by atoms with Crippen LogP contribution in [0.3, 0.4) is 0 Å². The Morgan fingerprint density at radius 3 is 2.93 bits per heavy atom. The van der Waals surface area contributed by atoms with Crippen LogP contribution in [0.15, 0.2) is 18.2 Å². The third-order valence-corrected chi connectivity index (χ3v) is 2.33. The van der Waals surface area contributed by atoms with Crippen molar-refractivity contribution in [2.75, 3.05) is 0 Å². The summed E-state index contributed by atoms with van der Waals surface area (Å²) in [4.78, 5) is 10.9. The number of benzene rings is 1. The molecule has 0 aliphatic carbocycles. The van der Waals surface area contributed by atoms with E-state index in [-0.39, 0.29) is 17.8 Å². The van der Waals surface area contributed by atoms with Crippen LogP contribution in [0.1, 0.15) is 25.5 Å². The molecular weight excluding hydrogens is 196 g/mol. The molecule has 0 amide bonds. The minimum atomic E-state index is -0.426. The number of carbonyl (C=O) groups excluding carboxylic acids is 1. The van der Waals surface area contributed by atoms with Gasteiger partial charge >= 0.3 is 5.97 Å². The molecule has 15 heavy (non-hydrogen) atoms. The lowest BCUT2D eigenvalue weighted by Gasteiger charge is -2.14. The SMILES string of the molecule is CC(=O)O[C@H]1c2cc(O)ccc2OC1C. The number of hydrogen-bond acceptors (Lipinski definition) is 4. The maximum atomic E-state index is 10.9. The molecule has 1 heterocycles. The Bertz CT molecular complexity index is 400. The summed E-state index contributed by atoms with van der Waals surface area (Å²) in [5.41, 5.74) is 0.720. The van der Waals surface area contributed by atoms with Gasteiger partial charge < -0.3 is 14.6 Å². The van der Waals surface area contributed by atoms with Gasteiger partial charge in [0.1, 0.15) is 17.6 Å². The minimum Gasteiger partial charge on any atom is -0.508 e. The van der Waals surface area contributed by atoms with E-state index < -0.39 is 6.10 Å². The number of ether oxygens (including phenoxy) is 2. The predicted molar refractivity (Wildman–Crippen MR) is 52.7 cm³/mol. The molecule has 4 nitrogen and oxygen atoms in total.